The van der Waals surface area contributed by atoms with Gasteiger partial charge in [0.25, 0.3) is 0 Å². The lowest BCUT2D eigenvalue weighted by Gasteiger charge is -2.31. The van der Waals surface area contributed by atoms with E-state index in [1.54, 1.807) is 0 Å². The molecule has 96 valence electrons. The summed E-state index contributed by atoms with van der Waals surface area (Å²) in [5, 5.41) is 8.67. The summed E-state index contributed by atoms with van der Waals surface area (Å²) in [6.07, 6.45) is 0.449. The van der Waals surface area contributed by atoms with Crippen LogP contribution < -0.4 is 0 Å². The zero-order valence-electron chi connectivity index (χ0n) is 11.3. The number of nitrogens with zero attached hydrogens (tertiary/aromatic N) is 2. The fourth-order valence-electron chi connectivity index (χ4n) is 2.07. The van der Waals surface area contributed by atoms with Gasteiger partial charge in [-0.25, -0.2) is 0 Å². The van der Waals surface area contributed by atoms with Crippen molar-refractivity contribution in [1.82, 2.24) is 4.90 Å². The topological polar surface area (TPSA) is 44.1 Å². The van der Waals surface area contributed by atoms with E-state index in [9.17, 15) is 4.79 Å². The van der Waals surface area contributed by atoms with Gasteiger partial charge < -0.3 is 0 Å². The highest BCUT2D eigenvalue weighted by atomic mass is 16.1. The van der Waals surface area contributed by atoms with Crippen LogP contribution in [-0.4, -0.2) is 29.3 Å². The zero-order valence-corrected chi connectivity index (χ0v) is 11.3. The molecule has 0 aliphatic heterocycles. The molecule has 0 radical (unpaired) electrons. The fraction of sp³-hybridized carbons (Fsp3) is 0.467. The number of ketones is 1. The molecule has 0 amide bonds. The van der Waals surface area contributed by atoms with Gasteiger partial charge >= 0.3 is 0 Å². The van der Waals surface area contributed by atoms with Crippen LogP contribution in [0.15, 0.2) is 30.3 Å². The van der Waals surface area contributed by atoms with Crippen LogP contribution in [0.25, 0.3) is 0 Å². The number of carbonyl (C=O) groups is 1. The molecular formula is C15H20N2O. The van der Waals surface area contributed by atoms with E-state index < -0.39 is 0 Å². The molecule has 1 atom stereocenters. The third-order valence-corrected chi connectivity index (χ3v) is 3.08. The minimum absolute atomic E-state index is 0.113. The van der Waals surface area contributed by atoms with Crippen LogP contribution in [0.5, 0.6) is 0 Å². The van der Waals surface area contributed by atoms with E-state index in [0.717, 1.165) is 5.56 Å². The minimum atomic E-state index is -0.194. The SMILES string of the molecule is CC(C)N(CCC#N)C(C)C(=O)c1ccccc1. The fourth-order valence-corrected chi connectivity index (χ4v) is 2.07. The van der Waals surface area contributed by atoms with Crippen LogP contribution in [0.1, 0.15) is 37.6 Å². The number of hydrogen-bond acceptors (Lipinski definition) is 3. The first-order valence-electron chi connectivity index (χ1n) is 6.30. The predicted molar refractivity (Wildman–Crippen MR) is 72.3 cm³/mol. The third kappa shape index (κ3) is 3.68. The maximum atomic E-state index is 12.3. The van der Waals surface area contributed by atoms with Gasteiger partial charge in [0.05, 0.1) is 12.1 Å². The average molecular weight is 244 g/mol. The molecule has 0 saturated heterocycles. The van der Waals surface area contributed by atoms with Gasteiger partial charge in [-0.3, -0.25) is 9.69 Å². The van der Waals surface area contributed by atoms with E-state index >= 15 is 0 Å². The summed E-state index contributed by atoms with van der Waals surface area (Å²) < 4.78 is 0. The Labute approximate surface area is 109 Å². The second-order valence-corrected chi connectivity index (χ2v) is 4.65. The first kappa shape index (κ1) is 14.4. The van der Waals surface area contributed by atoms with Gasteiger partial charge in [-0.2, -0.15) is 5.26 Å². The highest BCUT2D eigenvalue weighted by Crippen LogP contribution is 2.12. The monoisotopic (exact) mass is 244 g/mol. The van der Waals surface area contributed by atoms with E-state index in [1.807, 2.05) is 51.1 Å². The lowest BCUT2D eigenvalue weighted by atomic mass is 10.0. The summed E-state index contributed by atoms with van der Waals surface area (Å²) in [6.45, 7) is 6.64. The van der Waals surface area contributed by atoms with Gasteiger partial charge in [0, 0.05) is 24.6 Å². The number of rotatable bonds is 6. The summed E-state index contributed by atoms with van der Waals surface area (Å²) in [5.74, 6) is 0.113. The Hall–Kier alpha value is -1.66. The van der Waals surface area contributed by atoms with Crippen molar-refractivity contribution in [2.75, 3.05) is 6.54 Å². The molecule has 0 spiro atoms. The highest BCUT2D eigenvalue weighted by molar-refractivity contribution is 5.99. The van der Waals surface area contributed by atoms with Crippen molar-refractivity contribution in [3.63, 3.8) is 0 Å². The van der Waals surface area contributed by atoms with Gasteiger partial charge in [0.1, 0.15) is 0 Å². The molecule has 18 heavy (non-hydrogen) atoms. The summed E-state index contributed by atoms with van der Waals surface area (Å²) >= 11 is 0. The smallest absolute Gasteiger partial charge is 0.179 e. The van der Waals surface area contributed by atoms with Crippen molar-refractivity contribution in [3.05, 3.63) is 35.9 Å². The maximum Gasteiger partial charge on any atom is 0.179 e. The van der Waals surface area contributed by atoms with E-state index in [-0.39, 0.29) is 17.9 Å². The summed E-state index contributed by atoms with van der Waals surface area (Å²) in [5.41, 5.74) is 0.729. The highest BCUT2D eigenvalue weighted by Gasteiger charge is 2.23. The summed E-state index contributed by atoms with van der Waals surface area (Å²) in [4.78, 5) is 14.4. The van der Waals surface area contributed by atoms with Crippen molar-refractivity contribution in [1.29, 1.82) is 5.26 Å². The maximum absolute atomic E-state index is 12.3. The van der Waals surface area contributed by atoms with E-state index in [2.05, 4.69) is 11.0 Å². The average Bonchev–Trinajstić information content (AvgIpc) is 2.38. The zero-order chi connectivity index (χ0) is 13.5. The van der Waals surface area contributed by atoms with E-state index in [4.69, 9.17) is 5.26 Å². The summed E-state index contributed by atoms with van der Waals surface area (Å²) in [7, 11) is 0. The van der Waals surface area contributed by atoms with E-state index in [1.165, 1.54) is 0 Å². The van der Waals surface area contributed by atoms with Crippen molar-refractivity contribution < 1.29 is 4.79 Å². The Morgan fingerprint density at radius 2 is 1.89 bits per heavy atom. The van der Waals surface area contributed by atoms with Gasteiger partial charge in [0.2, 0.25) is 0 Å². The molecule has 3 heteroatoms. The van der Waals surface area contributed by atoms with Crippen LogP contribution in [0, 0.1) is 11.3 Å². The molecular weight excluding hydrogens is 224 g/mol. The number of benzene rings is 1. The standard InChI is InChI=1S/C15H20N2O/c1-12(2)17(11-7-10-16)13(3)15(18)14-8-5-4-6-9-14/h4-6,8-9,12-13H,7,11H2,1-3H3. The first-order chi connectivity index (χ1) is 8.57. The van der Waals surface area contributed by atoms with Crippen LogP contribution >= 0.6 is 0 Å². The Kier molecular flexibility index (Phi) is 5.54. The quantitative estimate of drug-likeness (QED) is 0.723. The lowest BCUT2D eigenvalue weighted by Crippen LogP contribution is -2.43. The molecule has 1 unspecified atom stereocenters. The van der Waals surface area contributed by atoms with Crippen LogP contribution in [0.4, 0.5) is 0 Å². The molecule has 0 N–H and O–H groups in total. The minimum Gasteiger partial charge on any atom is -0.292 e. The number of nitriles is 1. The molecule has 0 aromatic heterocycles. The molecule has 0 bridgehead atoms. The van der Waals surface area contributed by atoms with Crippen LogP contribution in [0.3, 0.4) is 0 Å². The second kappa shape index (κ2) is 6.93. The molecule has 0 heterocycles. The normalized spacial score (nSPS) is 12.4. The predicted octanol–water partition coefficient (Wildman–Crippen LogP) is 2.88. The lowest BCUT2D eigenvalue weighted by molar-refractivity contribution is 0.0793. The number of Topliss-reactive ketones (excluding diaryl/α,β-unsaturated/α-hetero) is 1. The Morgan fingerprint density at radius 3 is 2.39 bits per heavy atom. The Bertz CT molecular complexity index is 420. The number of hydrogen-bond donors (Lipinski definition) is 0. The molecule has 1 aromatic rings. The van der Waals surface area contributed by atoms with Crippen LogP contribution in [-0.2, 0) is 0 Å². The largest absolute Gasteiger partial charge is 0.292 e. The van der Waals surface area contributed by atoms with Crippen LogP contribution in [0.2, 0.25) is 0 Å². The molecule has 3 nitrogen and oxygen atoms in total. The van der Waals surface area contributed by atoms with Crippen molar-refractivity contribution in [2.24, 2.45) is 0 Å². The van der Waals surface area contributed by atoms with Gasteiger partial charge in [-0.1, -0.05) is 30.3 Å². The second-order valence-electron chi connectivity index (χ2n) is 4.65. The molecule has 0 fully saturated rings. The molecule has 1 aromatic carbocycles. The van der Waals surface area contributed by atoms with Gasteiger partial charge in [0.15, 0.2) is 5.78 Å². The van der Waals surface area contributed by atoms with Gasteiger partial charge in [-0.15, -0.1) is 0 Å². The van der Waals surface area contributed by atoms with Crippen molar-refractivity contribution in [3.8, 4) is 6.07 Å². The first-order valence-corrected chi connectivity index (χ1v) is 6.30. The van der Waals surface area contributed by atoms with Crippen molar-refractivity contribution in [2.45, 2.75) is 39.3 Å². The molecule has 0 saturated carbocycles. The third-order valence-electron chi connectivity index (χ3n) is 3.08. The van der Waals surface area contributed by atoms with Crippen molar-refractivity contribution >= 4 is 5.78 Å². The van der Waals surface area contributed by atoms with Gasteiger partial charge in [-0.05, 0) is 20.8 Å². The Morgan fingerprint density at radius 1 is 1.28 bits per heavy atom. The number of carbonyl (C=O) groups excluding carboxylic acids is 1. The molecule has 0 aliphatic carbocycles. The van der Waals surface area contributed by atoms with E-state index in [0.29, 0.717) is 13.0 Å². The molecule has 0 aliphatic rings. The summed E-state index contributed by atoms with van der Waals surface area (Å²) in [6, 6.07) is 11.5. The molecule has 1 rings (SSSR count). The Balaban J connectivity index is 2.80.